The van der Waals surface area contributed by atoms with Crippen molar-refractivity contribution < 1.29 is 14.7 Å². The largest absolute Gasteiger partial charge is 0.508 e. The maximum absolute atomic E-state index is 12.1. The Balaban J connectivity index is 2.04. The van der Waals surface area contributed by atoms with Gasteiger partial charge in [0.15, 0.2) is 5.65 Å². The van der Waals surface area contributed by atoms with Crippen LogP contribution in [0.15, 0.2) is 48.7 Å². The van der Waals surface area contributed by atoms with Gasteiger partial charge in [-0.2, -0.15) is 0 Å². The SMILES string of the molecule is Cc1ccc(O)cc1-n1c(N)c(C(N)=O)c2ncc(-c3cccc(C(N)=O)c3)nc21. The summed E-state index contributed by atoms with van der Waals surface area (Å²) in [6, 6.07) is 11.4. The van der Waals surface area contributed by atoms with Crippen molar-refractivity contribution in [3.05, 3.63) is 65.4 Å². The quantitative estimate of drug-likeness (QED) is 0.407. The van der Waals surface area contributed by atoms with Crippen molar-refractivity contribution in [1.82, 2.24) is 14.5 Å². The van der Waals surface area contributed by atoms with Gasteiger partial charge in [0.1, 0.15) is 22.6 Å². The van der Waals surface area contributed by atoms with E-state index in [9.17, 15) is 14.7 Å². The van der Waals surface area contributed by atoms with Crippen LogP contribution in [0.5, 0.6) is 5.75 Å². The summed E-state index contributed by atoms with van der Waals surface area (Å²) in [7, 11) is 0. The van der Waals surface area contributed by atoms with Gasteiger partial charge in [0.05, 0.1) is 17.6 Å². The van der Waals surface area contributed by atoms with Crippen LogP contribution in [0.25, 0.3) is 28.1 Å². The van der Waals surface area contributed by atoms with Crippen molar-refractivity contribution >= 4 is 28.8 Å². The molecule has 4 aromatic rings. The number of rotatable bonds is 4. The number of nitrogens with zero attached hydrogens (tertiary/aromatic N) is 3. The highest BCUT2D eigenvalue weighted by Crippen LogP contribution is 2.33. The highest BCUT2D eigenvalue weighted by atomic mass is 16.3. The lowest BCUT2D eigenvalue weighted by Gasteiger charge is -2.11. The Morgan fingerprint density at radius 3 is 2.53 bits per heavy atom. The molecule has 0 fully saturated rings. The van der Waals surface area contributed by atoms with Gasteiger partial charge in [-0.25, -0.2) is 9.97 Å². The molecule has 0 bridgehead atoms. The number of hydrogen-bond donors (Lipinski definition) is 4. The molecule has 0 radical (unpaired) electrons. The van der Waals surface area contributed by atoms with Gasteiger partial charge in [-0.3, -0.25) is 14.2 Å². The summed E-state index contributed by atoms with van der Waals surface area (Å²) in [6.07, 6.45) is 1.47. The maximum Gasteiger partial charge on any atom is 0.254 e. The fraction of sp³-hybridized carbons (Fsp3) is 0.0476. The predicted molar refractivity (Wildman–Crippen MR) is 112 cm³/mol. The molecular formula is C21H18N6O3. The number of aromatic hydroxyl groups is 1. The molecular weight excluding hydrogens is 384 g/mol. The summed E-state index contributed by atoms with van der Waals surface area (Å²) in [5, 5.41) is 9.97. The Bertz CT molecular complexity index is 1340. The van der Waals surface area contributed by atoms with Crippen LogP contribution in [0.4, 0.5) is 5.82 Å². The standard InChI is InChI=1S/C21H18N6O3/c1-10-5-6-13(28)8-15(10)27-18(22)16(20(24)30)17-21(27)26-14(9-25-17)11-3-2-4-12(7-11)19(23)29/h2-9,28H,22H2,1H3,(H2,23,29)(H2,24,30). The Labute approximate surface area is 170 Å². The van der Waals surface area contributed by atoms with Crippen molar-refractivity contribution in [2.45, 2.75) is 6.92 Å². The fourth-order valence-corrected chi connectivity index (χ4v) is 3.36. The Morgan fingerprint density at radius 1 is 1.07 bits per heavy atom. The molecule has 7 N–H and O–H groups in total. The lowest BCUT2D eigenvalue weighted by atomic mass is 10.1. The summed E-state index contributed by atoms with van der Waals surface area (Å²) >= 11 is 0. The summed E-state index contributed by atoms with van der Waals surface area (Å²) in [6.45, 7) is 1.83. The van der Waals surface area contributed by atoms with Crippen molar-refractivity contribution in [2.24, 2.45) is 11.5 Å². The number of primary amides is 2. The topological polar surface area (TPSA) is 163 Å². The first-order valence-electron chi connectivity index (χ1n) is 8.95. The van der Waals surface area contributed by atoms with Crippen LogP contribution in [0.1, 0.15) is 26.3 Å². The van der Waals surface area contributed by atoms with Gasteiger partial charge >= 0.3 is 0 Å². The lowest BCUT2D eigenvalue weighted by Crippen LogP contribution is -2.14. The molecule has 0 aliphatic heterocycles. The second-order valence-electron chi connectivity index (χ2n) is 6.80. The molecule has 2 aromatic carbocycles. The van der Waals surface area contributed by atoms with Crippen molar-refractivity contribution in [3.8, 4) is 22.7 Å². The van der Waals surface area contributed by atoms with E-state index in [0.29, 0.717) is 22.5 Å². The van der Waals surface area contributed by atoms with E-state index in [1.807, 2.05) is 6.92 Å². The first kappa shape index (κ1) is 18.9. The van der Waals surface area contributed by atoms with Crippen LogP contribution in [-0.2, 0) is 0 Å². The van der Waals surface area contributed by atoms with E-state index in [0.717, 1.165) is 5.56 Å². The molecule has 9 nitrogen and oxygen atoms in total. The van der Waals surface area contributed by atoms with Gasteiger partial charge in [0, 0.05) is 17.2 Å². The number of phenols is 1. The number of nitrogens with two attached hydrogens (primary N) is 3. The average molecular weight is 402 g/mol. The summed E-state index contributed by atoms with van der Waals surface area (Å²) < 4.78 is 1.53. The molecule has 2 aromatic heterocycles. The monoisotopic (exact) mass is 402 g/mol. The van der Waals surface area contributed by atoms with E-state index in [4.69, 9.17) is 17.2 Å². The van der Waals surface area contributed by atoms with Crippen LogP contribution in [0, 0.1) is 6.92 Å². The van der Waals surface area contributed by atoms with Crippen LogP contribution in [0.3, 0.4) is 0 Å². The molecule has 2 amide bonds. The van der Waals surface area contributed by atoms with Crippen LogP contribution < -0.4 is 17.2 Å². The number of aromatic nitrogens is 3. The van der Waals surface area contributed by atoms with Crippen LogP contribution >= 0.6 is 0 Å². The fourth-order valence-electron chi connectivity index (χ4n) is 3.36. The predicted octanol–water partition coefficient (Wildman–Crippen LogP) is 1.88. The molecule has 2 heterocycles. The number of carbonyl (C=O) groups is 2. The number of fused-ring (bicyclic) bond motifs is 1. The summed E-state index contributed by atoms with van der Waals surface area (Å²) in [5.74, 6) is -1.22. The molecule has 0 saturated carbocycles. The number of phenolic OH excluding ortho intramolecular Hbond substituents is 1. The lowest BCUT2D eigenvalue weighted by molar-refractivity contribution is 0.0992. The zero-order valence-corrected chi connectivity index (χ0v) is 16.0. The molecule has 0 aliphatic carbocycles. The first-order chi connectivity index (χ1) is 14.3. The number of hydrogen-bond acceptors (Lipinski definition) is 6. The van der Waals surface area contributed by atoms with Gasteiger partial charge in [-0.1, -0.05) is 18.2 Å². The minimum Gasteiger partial charge on any atom is -0.508 e. The average Bonchev–Trinajstić information content (AvgIpc) is 3.01. The molecule has 4 rings (SSSR count). The Morgan fingerprint density at radius 2 is 1.83 bits per heavy atom. The van der Waals surface area contributed by atoms with E-state index >= 15 is 0 Å². The minimum atomic E-state index is -0.744. The van der Waals surface area contributed by atoms with Crippen LogP contribution in [-0.4, -0.2) is 31.5 Å². The first-order valence-corrected chi connectivity index (χ1v) is 8.95. The number of benzene rings is 2. The van der Waals surface area contributed by atoms with Gasteiger partial charge in [0.2, 0.25) is 5.91 Å². The molecule has 30 heavy (non-hydrogen) atoms. The molecule has 0 saturated heterocycles. The molecule has 0 aliphatic rings. The molecule has 0 unspecified atom stereocenters. The third kappa shape index (κ3) is 2.98. The third-order valence-electron chi connectivity index (χ3n) is 4.82. The molecule has 9 heteroatoms. The normalized spacial score (nSPS) is 11.0. The Kier molecular flexibility index (Phi) is 4.35. The number of aryl methyl sites for hydroxylation is 1. The van der Waals surface area contributed by atoms with Crippen molar-refractivity contribution in [2.75, 3.05) is 5.73 Å². The number of nitrogen functional groups attached to an aromatic ring is 1. The number of amides is 2. The zero-order valence-electron chi connectivity index (χ0n) is 16.0. The second kappa shape index (κ2) is 6.89. The van der Waals surface area contributed by atoms with Gasteiger partial charge in [-0.15, -0.1) is 0 Å². The maximum atomic E-state index is 12.1. The van der Waals surface area contributed by atoms with Crippen LogP contribution in [0.2, 0.25) is 0 Å². The molecule has 0 spiro atoms. The summed E-state index contributed by atoms with van der Waals surface area (Å²) in [4.78, 5) is 32.6. The highest BCUT2D eigenvalue weighted by Gasteiger charge is 2.24. The third-order valence-corrected chi connectivity index (χ3v) is 4.82. The van der Waals surface area contributed by atoms with Crippen molar-refractivity contribution in [1.29, 1.82) is 0 Å². The van der Waals surface area contributed by atoms with Gasteiger partial charge < -0.3 is 22.3 Å². The van der Waals surface area contributed by atoms with E-state index in [2.05, 4.69) is 9.97 Å². The van der Waals surface area contributed by atoms with Gasteiger partial charge in [-0.05, 0) is 30.7 Å². The van der Waals surface area contributed by atoms with E-state index in [1.54, 1.807) is 36.4 Å². The highest BCUT2D eigenvalue weighted by molar-refractivity contribution is 6.09. The van der Waals surface area contributed by atoms with Crippen molar-refractivity contribution in [3.63, 3.8) is 0 Å². The number of carbonyl (C=O) groups excluding carboxylic acids is 2. The molecule has 0 atom stereocenters. The van der Waals surface area contributed by atoms with E-state index < -0.39 is 11.8 Å². The minimum absolute atomic E-state index is 0.0238. The number of anilines is 1. The van der Waals surface area contributed by atoms with Gasteiger partial charge in [0.25, 0.3) is 5.91 Å². The summed E-state index contributed by atoms with van der Waals surface area (Å²) in [5.41, 5.74) is 20.4. The Hall–Kier alpha value is -4.40. The second-order valence-corrected chi connectivity index (χ2v) is 6.80. The van der Waals surface area contributed by atoms with E-state index in [1.165, 1.54) is 16.8 Å². The zero-order chi connectivity index (χ0) is 21.6. The smallest absolute Gasteiger partial charge is 0.254 e. The molecule has 150 valence electrons. The van der Waals surface area contributed by atoms with E-state index in [-0.39, 0.29) is 28.3 Å².